The topological polar surface area (TPSA) is 54.2 Å². The first-order valence-electron chi connectivity index (χ1n) is 7.69. The van der Waals surface area contributed by atoms with Crippen LogP contribution in [0.15, 0.2) is 0 Å². The molecule has 2 aliphatic rings. The molecule has 22 heavy (non-hydrogen) atoms. The molecular weight excluding hydrogens is 313 g/mol. The lowest BCUT2D eigenvalue weighted by Gasteiger charge is -2.39. The molecule has 3 N–H and O–H groups in total. The molecule has 0 spiro atoms. The van der Waals surface area contributed by atoms with Gasteiger partial charge < -0.3 is 11.1 Å². The van der Waals surface area contributed by atoms with Crippen molar-refractivity contribution in [1.82, 2.24) is 15.2 Å². The van der Waals surface area contributed by atoms with Gasteiger partial charge in [-0.3, -0.25) is 4.90 Å². The Morgan fingerprint density at radius 3 is 2.68 bits per heavy atom. The van der Waals surface area contributed by atoms with E-state index in [-0.39, 0.29) is 6.04 Å². The fraction of sp³-hybridized carbons (Fsp3) is 0.786. The number of likely N-dealkylation sites (tertiary alicyclic amines) is 1. The van der Waals surface area contributed by atoms with E-state index in [1.54, 1.807) is 11.3 Å². The first kappa shape index (κ1) is 16.0. The fourth-order valence-corrected chi connectivity index (χ4v) is 4.37. The summed E-state index contributed by atoms with van der Waals surface area (Å²) in [4.78, 5) is 8.06. The Bertz CT molecular complexity index is 509. The number of rotatable bonds is 3. The SMILES string of the molecule is Nc1nc2c(s1)CC(N1CCC(NCC(F)(F)F)CC1)CC2. The minimum absolute atomic E-state index is 0.0175. The second-order valence-corrected chi connectivity index (χ2v) is 7.24. The van der Waals surface area contributed by atoms with Crippen LogP contribution in [0.1, 0.15) is 29.8 Å². The van der Waals surface area contributed by atoms with Crippen molar-refractivity contribution in [3.63, 3.8) is 0 Å². The number of nitrogen functional groups attached to an aromatic ring is 1. The van der Waals surface area contributed by atoms with Crippen LogP contribution in [0.5, 0.6) is 0 Å². The Balaban J connectivity index is 1.48. The monoisotopic (exact) mass is 334 g/mol. The normalized spacial score (nSPS) is 24.4. The van der Waals surface area contributed by atoms with E-state index in [1.165, 1.54) is 4.88 Å². The Labute approximate surface area is 131 Å². The third-order valence-electron chi connectivity index (χ3n) is 4.57. The lowest BCUT2D eigenvalue weighted by Crippen LogP contribution is -2.49. The van der Waals surface area contributed by atoms with Crippen molar-refractivity contribution in [2.24, 2.45) is 0 Å². The van der Waals surface area contributed by atoms with Crippen molar-refractivity contribution in [3.05, 3.63) is 10.6 Å². The molecule has 4 nitrogen and oxygen atoms in total. The van der Waals surface area contributed by atoms with Crippen LogP contribution in [0.3, 0.4) is 0 Å². The fourth-order valence-electron chi connectivity index (χ4n) is 3.42. The van der Waals surface area contributed by atoms with Crippen LogP contribution in [-0.2, 0) is 12.8 Å². The molecule has 0 bridgehead atoms. The lowest BCUT2D eigenvalue weighted by atomic mass is 9.93. The van der Waals surface area contributed by atoms with E-state index in [4.69, 9.17) is 5.73 Å². The van der Waals surface area contributed by atoms with E-state index in [0.29, 0.717) is 11.2 Å². The zero-order chi connectivity index (χ0) is 15.7. The number of aromatic nitrogens is 1. The van der Waals surface area contributed by atoms with E-state index in [9.17, 15) is 13.2 Å². The van der Waals surface area contributed by atoms with Gasteiger partial charge in [0.05, 0.1) is 12.2 Å². The maximum Gasteiger partial charge on any atom is 0.401 e. The third-order valence-corrected chi connectivity index (χ3v) is 5.52. The summed E-state index contributed by atoms with van der Waals surface area (Å²) in [6, 6.07) is 0.465. The number of halogens is 3. The second-order valence-electron chi connectivity index (χ2n) is 6.12. The molecule has 1 aliphatic carbocycles. The highest BCUT2D eigenvalue weighted by atomic mass is 32.1. The number of nitrogens with zero attached hydrogens (tertiary/aromatic N) is 2. The quantitative estimate of drug-likeness (QED) is 0.890. The smallest absolute Gasteiger partial charge is 0.375 e. The molecular formula is C14H21F3N4S. The van der Waals surface area contributed by atoms with Crippen molar-refractivity contribution in [2.75, 3.05) is 25.4 Å². The van der Waals surface area contributed by atoms with Crippen LogP contribution < -0.4 is 11.1 Å². The number of piperidine rings is 1. The number of hydrogen-bond acceptors (Lipinski definition) is 5. The van der Waals surface area contributed by atoms with Crippen LogP contribution in [0, 0.1) is 0 Å². The van der Waals surface area contributed by atoms with E-state index < -0.39 is 12.7 Å². The third kappa shape index (κ3) is 3.91. The molecule has 0 amide bonds. The number of aryl methyl sites for hydroxylation is 1. The largest absolute Gasteiger partial charge is 0.401 e. The molecule has 1 saturated heterocycles. The van der Waals surface area contributed by atoms with E-state index >= 15 is 0 Å². The van der Waals surface area contributed by atoms with Gasteiger partial charge in [0, 0.05) is 17.0 Å². The molecule has 1 aromatic rings. The van der Waals surface area contributed by atoms with Gasteiger partial charge in [-0.05, 0) is 45.2 Å². The van der Waals surface area contributed by atoms with Gasteiger partial charge in [-0.25, -0.2) is 4.98 Å². The van der Waals surface area contributed by atoms with Crippen LogP contribution >= 0.6 is 11.3 Å². The zero-order valence-corrected chi connectivity index (χ0v) is 13.1. The molecule has 0 aromatic carbocycles. The van der Waals surface area contributed by atoms with Gasteiger partial charge in [-0.1, -0.05) is 0 Å². The number of nitrogens with one attached hydrogen (secondary N) is 1. The number of alkyl halides is 3. The highest BCUT2D eigenvalue weighted by Crippen LogP contribution is 2.31. The first-order valence-corrected chi connectivity index (χ1v) is 8.50. The zero-order valence-electron chi connectivity index (χ0n) is 12.3. The van der Waals surface area contributed by atoms with Crippen molar-refractivity contribution < 1.29 is 13.2 Å². The minimum atomic E-state index is -4.12. The average molecular weight is 334 g/mol. The molecule has 0 radical (unpaired) electrons. The molecule has 1 atom stereocenters. The van der Waals surface area contributed by atoms with E-state index in [1.807, 2.05) is 0 Å². The molecule has 2 heterocycles. The number of fused-ring (bicyclic) bond motifs is 1. The van der Waals surface area contributed by atoms with Crippen LogP contribution in [0.4, 0.5) is 18.3 Å². The van der Waals surface area contributed by atoms with E-state index in [2.05, 4.69) is 15.2 Å². The Morgan fingerprint density at radius 2 is 2.00 bits per heavy atom. The summed E-state index contributed by atoms with van der Waals surface area (Å²) >= 11 is 1.57. The summed E-state index contributed by atoms with van der Waals surface area (Å²) < 4.78 is 36.7. The molecule has 3 rings (SSSR count). The molecule has 1 fully saturated rings. The van der Waals surface area contributed by atoms with Gasteiger partial charge in [0.2, 0.25) is 0 Å². The molecule has 1 aromatic heterocycles. The highest BCUT2D eigenvalue weighted by molar-refractivity contribution is 7.15. The van der Waals surface area contributed by atoms with Crippen LogP contribution in [0.25, 0.3) is 0 Å². The van der Waals surface area contributed by atoms with Crippen LogP contribution in [-0.4, -0.2) is 47.8 Å². The average Bonchev–Trinajstić information content (AvgIpc) is 2.84. The second kappa shape index (κ2) is 6.33. The summed E-state index contributed by atoms with van der Waals surface area (Å²) in [7, 11) is 0. The van der Waals surface area contributed by atoms with Gasteiger partial charge in [-0.2, -0.15) is 13.2 Å². The lowest BCUT2D eigenvalue weighted by molar-refractivity contribution is -0.126. The standard InChI is InChI=1S/C14H21F3N4S/c15-14(16,17)8-19-9-3-5-21(6-4-9)10-1-2-11-12(7-10)22-13(18)20-11/h9-10,19H,1-8H2,(H2,18,20). The summed E-state index contributed by atoms with van der Waals surface area (Å²) in [6.07, 6.45) is 0.444. The maximum absolute atomic E-state index is 12.2. The van der Waals surface area contributed by atoms with Gasteiger partial charge in [0.15, 0.2) is 5.13 Å². The van der Waals surface area contributed by atoms with Crippen molar-refractivity contribution in [1.29, 1.82) is 0 Å². The first-order chi connectivity index (χ1) is 10.4. The molecule has 8 heteroatoms. The molecule has 1 aliphatic heterocycles. The van der Waals surface area contributed by atoms with Crippen molar-refractivity contribution in [3.8, 4) is 0 Å². The Hall–Kier alpha value is -0.860. The Kier molecular flexibility index (Phi) is 4.61. The van der Waals surface area contributed by atoms with Gasteiger partial charge in [0.25, 0.3) is 0 Å². The summed E-state index contributed by atoms with van der Waals surface area (Å²) in [6.45, 7) is 0.845. The van der Waals surface area contributed by atoms with Crippen molar-refractivity contribution in [2.45, 2.75) is 50.4 Å². The minimum Gasteiger partial charge on any atom is -0.375 e. The van der Waals surface area contributed by atoms with Crippen LogP contribution in [0.2, 0.25) is 0 Å². The number of anilines is 1. The van der Waals surface area contributed by atoms with E-state index in [0.717, 1.165) is 50.9 Å². The summed E-state index contributed by atoms with van der Waals surface area (Å²) in [5, 5.41) is 3.27. The molecule has 124 valence electrons. The van der Waals surface area contributed by atoms with Crippen molar-refractivity contribution >= 4 is 16.5 Å². The van der Waals surface area contributed by atoms with Gasteiger partial charge in [0.1, 0.15) is 0 Å². The predicted molar refractivity (Wildman–Crippen MR) is 81.0 cm³/mol. The molecule has 0 saturated carbocycles. The van der Waals surface area contributed by atoms with Gasteiger partial charge in [-0.15, -0.1) is 11.3 Å². The molecule has 1 unspecified atom stereocenters. The summed E-state index contributed by atoms with van der Waals surface area (Å²) in [5.74, 6) is 0. The maximum atomic E-state index is 12.2. The number of hydrogen-bond donors (Lipinski definition) is 2. The predicted octanol–water partition coefficient (Wildman–Crippen LogP) is 2.20. The van der Waals surface area contributed by atoms with Gasteiger partial charge >= 0.3 is 6.18 Å². The number of nitrogens with two attached hydrogens (primary N) is 1. The summed E-state index contributed by atoms with van der Waals surface area (Å²) in [5.41, 5.74) is 6.90. The Morgan fingerprint density at radius 1 is 1.27 bits per heavy atom. The number of thiazole rings is 1. The highest BCUT2D eigenvalue weighted by Gasteiger charge is 2.32.